The lowest BCUT2D eigenvalue weighted by molar-refractivity contribution is 0.0527. The van der Waals surface area contributed by atoms with Crippen LogP contribution in [0.3, 0.4) is 0 Å². The van der Waals surface area contributed by atoms with Gasteiger partial charge >= 0.3 is 5.97 Å². The zero-order valence-electron chi connectivity index (χ0n) is 15.5. The predicted octanol–water partition coefficient (Wildman–Crippen LogP) is 4.15. The molecule has 7 nitrogen and oxygen atoms in total. The molecule has 2 aromatic carbocycles. The van der Waals surface area contributed by atoms with Crippen molar-refractivity contribution < 1.29 is 9.53 Å². The number of benzene rings is 2. The van der Waals surface area contributed by atoms with E-state index in [0.29, 0.717) is 23.7 Å². The van der Waals surface area contributed by atoms with Crippen LogP contribution in [0.2, 0.25) is 0 Å². The molecule has 0 saturated heterocycles. The van der Waals surface area contributed by atoms with E-state index in [-0.39, 0.29) is 5.95 Å². The molecule has 0 amide bonds. The van der Waals surface area contributed by atoms with Crippen LogP contribution in [0.4, 0.5) is 23.1 Å². The summed E-state index contributed by atoms with van der Waals surface area (Å²) in [4.78, 5) is 16.5. The fourth-order valence-corrected chi connectivity index (χ4v) is 2.48. The molecule has 7 heteroatoms. The first kappa shape index (κ1) is 18.3. The summed E-state index contributed by atoms with van der Waals surface area (Å²) in [5, 5.41) is 14.2. The van der Waals surface area contributed by atoms with Crippen LogP contribution in [0.15, 0.2) is 48.7 Å². The van der Waals surface area contributed by atoms with Gasteiger partial charge in [-0.25, -0.2) is 4.79 Å². The van der Waals surface area contributed by atoms with Crippen LogP contribution in [0.25, 0.3) is 0 Å². The molecular weight excluding hydrogens is 342 g/mol. The molecular formula is C20H21N5O2. The first-order valence-corrected chi connectivity index (χ1v) is 8.64. The van der Waals surface area contributed by atoms with E-state index in [1.165, 1.54) is 17.3 Å². The predicted molar refractivity (Wildman–Crippen MR) is 105 cm³/mol. The van der Waals surface area contributed by atoms with Crippen molar-refractivity contribution in [2.75, 3.05) is 17.2 Å². The second kappa shape index (κ2) is 8.27. The summed E-state index contributed by atoms with van der Waals surface area (Å²) >= 11 is 0. The first-order valence-electron chi connectivity index (χ1n) is 8.64. The fourth-order valence-electron chi connectivity index (χ4n) is 2.48. The normalized spacial score (nSPS) is 10.3. The molecule has 0 aliphatic carbocycles. The van der Waals surface area contributed by atoms with Crippen molar-refractivity contribution in [3.05, 3.63) is 65.4 Å². The van der Waals surface area contributed by atoms with Crippen LogP contribution in [0, 0.1) is 13.8 Å². The highest BCUT2D eigenvalue weighted by Gasteiger charge is 2.13. The first-order chi connectivity index (χ1) is 13.1. The molecule has 0 spiro atoms. The van der Waals surface area contributed by atoms with Crippen molar-refractivity contribution in [1.82, 2.24) is 15.2 Å². The zero-order chi connectivity index (χ0) is 19.2. The minimum atomic E-state index is -0.405. The monoisotopic (exact) mass is 363 g/mol. The number of hydrogen-bond acceptors (Lipinski definition) is 7. The summed E-state index contributed by atoms with van der Waals surface area (Å²) in [6.07, 6.45) is 1.54. The molecule has 0 bridgehead atoms. The Morgan fingerprint density at radius 1 is 1.07 bits per heavy atom. The molecule has 2 N–H and O–H groups in total. The maximum Gasteiger partial charge on any atom is 0.340 e. The number of hydrogen-bond donors (Lipinski definition) is 2. The molecule has 0 saturated carbocycles. The van der Waals surface area contributed by atoms with Crippen molar-refractivity contribution in [3.8, 4) is 0 Å². The Balaban J connectivity index is 1.80. The maximum atomic E-state index is 12.1. The third kappa shape index (κ3) is 4.58. The number of aromatic nitrogens is 3. The highest BCUT2D eigenvalue weighted by Crippen LogP contribution is 2.21. The van der Waals surface area contributed by atoms with Crippen LogP contribution in [0.5, 0.6) is 0 Å². The van der Waals surface area contributed by atoms with Crippen molar-refractivity contribution in [2.45, 2.75) is 20.8 Å². The molecule has 1 heterocycles. The van der Waals surface area contributed by atoms with Crippen LogP contribution in [0.1, 0.15) is 28.4 Å². The minimum Gasteiger partial charge on any atom is -0.462 e. The van der Waals surface area contributed by atoms with E-state index in [1.54, 1.807) is 25.1 Å². The number of esters is 1. The van der Waals surface area contributed by atoms with Gasteiger partial charge in [0.1, 0.15) is 0 Å². The van der Waals surface area contributed by atoms with Gasteiger partial charge in [0.25, 0.3) is 0 Å². The van der Waals surface area contributed by atoms with Crippen molar-refractivity contribution >= 4 is 29.1 Å². The molecule has 0 radical (unpaired) electrons. The van der Waals surface area contributed by atoms with Crippen LogP contribution < -0.4 is 10.6 Å². The van der Waals surface area contributed by atoms with E-state index >= 15 is 0 Å². The Morgan fingerprint density at radius 3 is 2.67 bits per heavy atom. The SMILES string of the molecule is CCOC(=O)c1ccccc1Nc1nncc(Nc2ccc(C)c(C)c2)n1. The summed E-state index contributed by atoms with van der Waals surface area (Å²) in [6, 6.07) is 13.1. The number of carbonyl (C=O) groups is 1. The lowest BCUT2D eigenvalue weighted by Gasteiger charge is -2.11. The van der Waals surface area contributed by atoms with Gasteiger partial charge in [0.15, 0.2) is 5.82 Å². The molecule has 27 heavy (non-hydrogen) atoms. The fraction of sp³-hybridized carbons (Fsp3) is 0.200. The van der Waals surface area contributed by atoms with E-state index < -0.39 is 5.97 Å². The zero-order valence-corrected chi connectivity index (χ0v) is 15.5. The number of aryl methyl sites for hydroxylation is 2. The number of nitrogens with zero attached hydrogens (tertiary/aromatic N) is 3. The van der Waals surface area contributed by atoms with E-state index in [9.17, 15) is 4.79 Å². The lowest BCUT2D eigenvalue weighted by atomic mass is 10.1. The van der Waals surface area contributed by atoms with E-state index in [4.69, 9.17) is 4.74 Å². The van der Waals surface area contributed by atoms with Gasteiger partial charge in [0, 0.05) is 5.69 Å². The molecule has 0 atom stereocenters. The molecule has 0 aliphatic heterocycles. The largest absolute Gasteiger partial charge is 0.462 e. The Hall–Kier alpha value is -3.48. The van der Waals surface area contributed by atoms with Crippen LogP contribution in [-0.4, -0.2) is 27.8 Å². The number of para-hydroxylation sites is 1. The molecule has 138 valence electrons. The summed E-state index contributed by atoms with van der Waals surface area (Å²) in [7, 11) is 0. The second-order valence-electron chi connectivity index (χ2n) is 5.98. The van der Waals surface area contributed by atoms with Crippen LogP contribution in [-0.2, 0) is 4.74 Å². The molecule has 3 aromatic rings. The Bertz CT molecular complexity index is 959. The number of anilines is 4. The van der Waals surface area contributed by atoms with E-state index in [0.717, 1.165) is 5.69 Å². The highest BCUT2D eigenvalue weighted by atomic mass is 16.5. The van der Waals surface area contributed by atoms with Gasteiger partial charge in [0.05, 0.1) is 24.1 Å². The van der Waals surface area contributed by atoms with Gasteiger partial charge in [-0.3, -0.25) is 0 Å². The number of rotatable bonds is 6. The highest BCUT2D eigenvalue weighted by molar-refractivity contribution is 5.96. The third-order valence-corrected chi connectivity index (χ3v) is 4.01. The Morgan fingerprint density at radius 2 is 1.89 bits per heavy atom. The van der Waals surface area contributed by atoms with Gasteiger partial charge in [-0.1, -0.05) is 18.2 Å². The van der Waals surface area contributed by atoms with Gasteiger partial charge in [-0.05, 0) is 56.2 Å². The molecule has 0 aliphatic rings. The second-order valence-corrected chi connectivity index (χ2v) is 5.98. The maximum absolute atomic E-state index is 12.1. The lowest BCUT2D eigenvalue weighted by Crippen LogP contribution is -2.09. The summed E-state index contributed by atoms with van der Waals surface area (Å²) in [5.74, 6) is 0.419. The van der Waals surface area contributed by atoms with Crippen molar-refractivity contribution in [2.24, 2.45) is 0 Å². The number of ether oxygens (including phenoxy) is 1. The summed E-state index contributed by atoms with van der Waals surface area (Å²) < 4.78 is 5.08. The number of carbonyl (C=O) groups excluding carboxylic acids is 1. The molecule has 0 unspecified atom stereocenters. The van der Waals surface area contributed by atoms with Gasteiger partial charge in [-0.15, -0.1) is 5.10 Å². The average Bonchev–Trinajstić information content (AvgIpc) is 2.66. The van der Waals surface area contributed by atoms with Gasteiger partial charge < -0.3 is 15.4 Å². The molecule has 3 rings (SSSR count). The summed E-state index contributed by atoms with van der Waals surface area (Å²) in [6.45, 7) is 6.19. The molecule has 1 aromatic heterocycles. The van der Waals surface area contributed by atoms with Crippen molar-refractivity contribution in [3.63, 3.8) is 0 Å². The topological polar surface area (TPSA) is 89.0 Å². The van der Waals surface area contributed by atoms with E-state index in [2.05, 4.69) is 39.7 Å². The Labute approximate surface area is 157 Å². The third-order valence-electron chi connectivity index (χ3n) is 4.01. The van der Waals surface area contributed by atoms with Crippen molar-refractivity contribution in [1.29, 1.82) is 0 Å². The quantitative estimate of drug-likeness (QED) is 0.636. The number of nitrogens with one attached hydrogen (secondary N) is 2. The van der Waals surface area contributed by atoms with Crippen LogP contribution >= 0.6 is 0 Å². The minimum absolute atomic E-state index is 0.278. The van der Waals surface area contributed by atoms with Gasteiger partial charge in [-0.2, -0.15) is 10.1 Å². The average molecular weight is 363 g/mol. The summed E-state index contributed by atoms with van der Waals surface area (Å²) in [5.41, 5.74) is 4.29. The smallest absolute Gasteiger partial charge is 0.340 e. The molecule has 0 fully saturated rings. The Kier molecular flexibility index (Phi) is 5.61. The van der Waals surface area contributed by atoms with E-state index in [1.807, 2.05) is 24.3 Å². The van der Waals surface area contributed by atoms with Gasteiger partial charge in [0.2, 0.25) is 5.95 Å². The standard InChI is InChI=1S/C20H21N5O2/c1-4-27-19(26)16-7-5-6-8-17(16)23-20-24-18(12-21-25-20)22-15-10-9-13(2)14(3)11-15/h5-12H,4H2,1-3H3,(H2,22,23,24,25).